The molecule has 3 unspecified atom stereocenters. The molecule has 404 valence electrons. The normalized spacial score (nSPS) is 18.9. The number of phosphoric acid groups is 1. The van der Waals surface area contributed by atoms with Crippen molar-refractivity contribution < 1.29 is 62.1 Å². The largest absolute Gasteiger partial charge is 0.588 e. The monoisotopic (exact) mass is 1020 g/mol. The maximum atomic E-state index is 14.8. The summed E-state index contributed by atoms with van der Waals surface area (Å²) in [4.78, 5) is 41.2. The molecule has 1 aliphatic rings. The minimum atomic E-state index is -4.78. The van der Waals surface area contributed by atoms with Crippen LogP contribution in [0.4, 0.5) is 0 Å². The van der Waals surface area contributed by atoms with E-state index >= 15 is 0 Å². The summed E-state index contributed by atoms with van der Waals surface area (Å²) in [6.07, 6.45) is 18.8. The van der Waals surface area contributed by atoms with Crippen molar-refractivity contribution in [3.05, 3.63) is 60.7 Å². The molecule has 1 heterocycles. The van der Waals surface area contributed by atoms with Crippen molar-refractivity contribution >= 4 is 25.7 Å². The summed E-state index contributed by atoms with van der Waals surface area (Å²) < 4.78 is 50.7. The number of para-hydroxylation sites is 2. The number of phosphoric ester groups is 1. The number of nitrogens with one attached hydrogen (secondary N) is 1. The molecule has 1 saturated heterocycles. The summed E-state index contributed by atoms with van der Waals surface area (Å²) in [6.45, 7) is 5.77. The van der Waals surface area contributed by atoms with Crippen LogP contribution in [0.2, 0.25) is 0 Å². The van der Waals surface area contributed by atoms with E-state index in [4.69, 9.17) is 27.8 Å². The molecule has 1 amide bonds. The molecule has 1 fully saturated rings. The highest BCUT2D eigenvalue weighted by Gasteiger charge is 2.53. The lowest BCUT2D eigenvalue weighted by atomic mass is 9.96. The first-order chi connectivity index (χ1) is 34.5. The third-order valence-corrected chi connectivity index (χ3v) is 14.4. The molecule has 7 atom stereocenters. The number of rotatable bonds is 42. The van der Waals surface area contributed by atoms with Gasteiger partial charge >= 0.3 is 19.8 Å². The van der Waals surface area contributed by atoms with Crippen molar-refractivity contribution in [1.82, 2.24) is 5.32 Å². The number of ether oxygens (including phenoxy) is 3. The fourth-order valence-corrected chi connectivity index (χ4v) is 10.4. The Balaban J connectivity index is 1.84. The van der Waals surface area contributed by atoms with E-state index in [0.717, 1.165) is 77.0 Å². The number of aliphatic hydroxyl groups is 3. The smallest absolute Gasteiger partial charge is 0.462 e. The van der Waals surface area contributed by atoms with Crippen LogP contribution in [0, 0.1) is 0 Å². The molecule has 0 radical (unpaired) electrons. The molecule has 2 aromatic carbocycles. The maximum Gasteiger partial charge on any atom is 0.588 e. The standard InChI is InChI=1S/C56H92NO13P/c1-4-7-10-13-16-18-21-23-28-35-45(59)42-50(60)57-53-55(54(49(44-58)66-56(53)63)70-71(64,68-46-36-30-26-31-37-46)69-47-38-32-27-33-39-47)67-52(62)43-48(40-29-24-20-15-12-9-6-3)65-51(61)41-34-25-22-19-17-14-11-8-5-2/h26-27,30-33,36-39,45,48-49,53-56,58-59,63H,4-25,28-29,34-35,40-44H2,1-3H3,(H,57,60)/t45?,48?,49-,53-,54-,55-,56?/m1/s1. The van der Waals surface area contributed by atoms with E-state index < -0.39 is 75.1 Å². The highest BCUT2D eigenvalue weighted by atomic mass is 31.2. The van der Waals surface area contributed by atoms with E-state index in [2.05, 4.69) is 26.1 Å². The highest BCUT2D eigenvalue weighted by molar-refractivity contribution is 7.49. The van der Waals surface area contributed by atoms with E-state index in [1.807, 2.05) is 0 Å². The zero-order chi connectivity index (χ0) is 51.4. The molecular weight excluding hydrogens is 926 g/mol. The lowest BCUT2D eigenvalue weighted by molar-refractivity contribution is -0.256. The fourth-order valence-electron chi connectivity index (χ4n) is 8.91. The number of carbonyl (C=O) groups is 3. The van der Waals surface area contributed by atoms with Gasteiger partial charge in [0.05, 0.1) is 25.6 Å². The Morgan fingerprint density at radius 3 is 1.54 bits per heavy atom. The number of carbonyl (C=O) groups excluding carboxylic acids is 3. The van der Waals surface area contributed by atoms with Crippen molar-refractivity contribution in [3.8, 4) is 11.5 Å². The van der Waals surface area contributed by atoms with Crippen LogP contribution < -0.4 is 14.4 Å². The van der Waals surface area contributed by atoms with E-state index in [9.17, 15) is 34.3 Å². The van der Waals surface area contributed by atoms with Gasteiger partial charge in [0.1, 0.15) is 35.9 Å². The number of aliphatic hydroxyl groups excluding tert-OH is 3. The summed E-state index contributed by atoms with van der Waals surface area (Å²) in [7, 11) is -4.78. The zero-order valence-corrected chi connectivity index (χ0v) is 44.5. The SMILES string of the molecule is CCCCCCCCCCCC(=O)OC(CCCCCCCCC)CC(=O)O[C@H]1[C@H](OP(=O)(Oc2ccccc2)Oc2ccccc2)[C@@H](CO)OC(O)[C@@H]1NC(=O)CC(O)CCCCCCCCCCC. The van der Waals surface area contributed by atoms with Gasteiger partial charge in [-0.1, -0.05) is 205 Å². The zero-order valence-electron chi connectivity index (χ0n) is 43.6. The van der Waals surface area contributed by atoms with Gasteiger partial charge in [0.2, 0.25) is 5.91 Å². The Hall–Kier alpha value is -3.52. The lowest BCUT2D eigenvalue weighted by Gasteiger charge is -2.44. The molecule has 2 aromatic rings. The van der Waals surface area contributed by atoms with Crippen molar-refractivity contribution in [2.24, 2.45) is 0 Å². The van der Waals surface area contributed by atoms with Gasteiger partial charge in [-0.15, -0.1) is 0 Å². The Kier molecular flexibility index (Phi) is 33.2. The van der Waals surface area contributed by atoms with Crippen LogP contribution >= 0.6 is 7.82 Å². The average molecular weight is 1020 g/mol. The van der Waals surface area contributed by atoms with E-state index in [0.29, 0.717) is 25.7 Å². The molecule has 0 aromatic heterocycles. The Morgan fingerprint density at radius 2 is 1.06 bits per heavy atom. The first-order valence-electron chi connectivity index (χ1n) is 27.6. The average Bonchev–Trinajstić information content (AvgIpc) is 3.35. The van der Waals surface area contributed by atoms with Gasteiger partial charge in [-0.2, -0.15) is 0 Å². The number of unbranched alkanes of at least 4 members (excludes halogenated alkanes) is 22. The Labute approximate surface area is 426 Å². The van der Waals surface area contributed by atoms with Crippen LogP contribution in [-0.4, -0.2) is 82.6 Å². The second-order valence-corrected chi connectivity index (χ2v) is 20.9. The molecule has 71 heavy (non-hydrogen) atoms. The maximum absolute atomic E-state index is 14.8. The van der Waals surface area contributed by atoms with Crippen molar-refractivity contribution in [2.75, 3.05) is 6.61 Å². The topological polar surface area (TPSA) is 196 Å². The second kappa shape index (κ2) is 38.1. The van der Waals surface area contributed by atoms with Gasteiger partial charge in [0.25, 0.3) is 0 Å². The molecule has 0 saturated carbocycles. The van der Waals surface area contributed by atoms with Crippen molar-refractivity contribution in [3.63, 3.8) is 0 Å². The molecule has 1 aliphatic heterocycles. The number of amides is 1. The third-order valence-electron chi connectivity index (χ3n) is 13.0. The molecular formula is C56H92NO13P. The van der Waals surface area contributed by atoms with Gasteiger partial charge in [-0.25, -0.2) is 4.57 Å². The van der Waals surface area contributed by atoms with Gasteiger partial charge in [-0.05, 0) is 49.9 Å². The van der Waals surface area contributed by atoms with Gasteiger partial charge in [-0.3, -0.25) is 18.9 Å². The summed E-state index contributed by atoms with van der Waals surface area (Å²) in [5, 5.41) is 35.7. The predicted octanol–water partition coefficient (Wildman–Crippen LogP) is 12.8. The lowest BCUT2D eigenvalue weighted by Crippen LogP contribution is -2.66. The quantitative estimate of drug-likeness (QED) is 0.0279. The number of hydrogen-bond donors (Lipinski definition) is 4. The van der Waals surface area contributed by atoms with Gasteiger partial charge < -0.3 is 43.9 Å². The van der Waals surface area contributed by atoms with E-state index in [-0.39, 0.29) is 30.8 Å². The predicted molar refractivity (Wildman–Crippen MR) is 278 cm³/mol. The molecule has 3 rings (SSSR count). The minimum absolute atomic E-state index is 0.112. The van der Waals surface area contributed by atoms with Crippen molar-refractivity contribution in [2.45, 2.75) is 256 Å². The first-order valence-corrected chi connectivity index (χ1v) is 29.0. The Bertz CT molecular complexity index is 1680. The number of esters is 2. The summed E-state index contributed by atoms with van der Waals surface area (Å²) in [5.41, 5.74) is 0. The van der Waals surface area contributed by atoms with E-state index in [1.165, 1.54) is 94.9 Å². The summed E-state index contributed by atoms with van der Waals surface area (Å²) in [5.74, 6) is -1.71. The van der Waals surface area contributed by atoms with Crippen molar-refractivity contribution in [1.29, 1.82) is 0 Å². The highest BCUT2D eigenvalue weighted by Crippen LogP contribution is 2.52. The molecule has 4 N–H and O–H groups in total. The molecule has 0 spiro atoms. The number of hydrogen-bond acceptors (Lipinski definition) is 13. The minimum Gasteiger partial charge on any atom is -0.462 e. The van der Waals surface area contributed by atoms with Gasteiger partial charge in [0, 0.05) is 6.42 Å². The Morgan fingerprint density at radius 1 is 0.606 bits per heavy atom. The van der Waals surface area contributed by atoms with Crippen LogP contribution in [0.15, 0.2) is 60.7 Å². The molecule has 0 aliphatic carbocycles. The summed E-state index contributed by atoms with van der Waals surface area (Å²) >= 11 is 0. The third kappa shape index (κ3) is 27.4. The molecule has 15 heteroatoms. The van der Waals surface area contributed by atoms with Crippen LogP contribution in [0.3, 0.4) is 0 Å². The summed E-state index contributed by atoms with van der Waals surface area (Å²) in [6, 6.07) is 14.7. The van der Waals surface area contributed by atoms with Crippen LogP contribution in [-0.2, 0) is 37.7 Å². The van der Waals surface area contributed by atoms with Crippen LogP contribution in [0.1, 0.15) is 213 Å². The fraction of sp³-hybridized carbons (Fsp3) is 0.732. The van der Waals surface area contributed by atoms with Gasteiger partial charge in [0.15, 0.2) is 12.4 Å². The number of benzene rings is 2. The molecule has 14 nitrogen and oxygen atoms in total. The van der Waals surface area contributed by atoms with Crippen LogP contribution in [0.25, 0.3) is 0 Å². The first kappa shape index (κ1) is 61.8. The second-order valence-electron chi connectivity index (χ2n) is 19.4. The van der Waals surface area contributed by atoms with E-state index in [1.54, 1.807) is 36.4 Å². The molecule has 0 bridgehead atoms. The van der Waals surface area contributed by atoms with Crippen LogP contribution in [0.5, 0.6) is 11.5 Å².